The van der Waals surface area contributed by atoms with Crippen LogP contribution in [0.2, 0.25) is 0 Å². The molecule has 136 valence electrons. The van der Waals surface area contributed by atoms with Crippen LogP contribution in [0.15, 0.2) is 29.2 Å². The van der Waals surface area contributed by atoms with E-state index in [2.05, 4.69) is 34.5 Å². The molecule has 1 saturated heterocycles. The highest BCUT2D eigenvalue weighted by Crippen LogP contribution is 2.37. The maximum Gasteiger partial charge on any atom is 0.233 e. The molecular formula is C20H28N2O2S. The van der Waals surface area contributed by atoms with Crippen LogP contribution >= 0.6 is 11.8 Å². The molecule has 1 N–H and O–H groups in total. The van der Waals surface area contributed by atoms with Gasteiger partial charge in [0.1, 0.15) is 0 Å². The number of fused-ring (bicyclic) bond motifs is 1. The lowest BCUT2D eigenvalue weighted by Crippen LogP contribution is -2.60. The Balaban J connectivity index is 1.39. The molecule has 1 aliphatic carbocycles. The molecule has 4 nitrogen and oxygen atoms in total. The van der Waals surface area contributed by atoms with Gasteiger partial charge in [0.25, 0.3) is 0 Å². The fourth-order valence-corrected chi connectivity index (χ4v) is 5.77. The molecule has 1 aromatic rings. The molecule has 2 aliphatic heterocycles. The zero-order valence-electron chi connectivity index (χ0n) is 14.8. The van der Waals surface area contributed by atoms with Gasteiger partial charge < -0.3 is 10.1 Å². The van der Waals surface area contributed by atoms with E-state index in [1.807, 2.05) is 0 Å². The zero-order chi connectivity index (χ0) is 17.1. The topological polar surface area (TPSA) is 41.6 Å². The van der Waals surface area contributed by atoms with Gasteiger partial charge in [0.15, 0.2) is 0 Å². The second-order valence-corrected chi connectivity index (χ2v) is 8.77. The van der Waals surface area contributed by atoms with Crippen molar-refractivity contribution in [1.29, 1.82) is 0 Å². The van der Waals surface area contributed by atoms with Gasteiger partial charge in [0.2, 0.25) is 5.91 Å². The van der Waals surface area contributed by atoms with E-state index in [-0.39, 0.29) is 16.7 Å². The summed E-state index contributed by atoms with van der Waals surface area (Å²) in [4.78, 5) is 16.7. The maximum atomic E-state index is 12.8. The third-order valence-electron chi connectivity index (χ3n) is 6.00. The first-order valence-corrected chi connectivity index (χ1v) is 10.5. The van der Waals surface area contributed by atoms with Crippen LogP contribution in [0.25, 0.3) is 0 Å². The van der Waals surface area contributed by atoms with Crippen molar-refractivity contribution in [2.45, 2.75) is 54.2 Å². The first-order valence-electron chi connectivity index (χ1n) is 9.62. The van der Waals surface area contributed by atoms with Gasteiger partial charge in [-0.15, -0.1) is 11.8 Å². The number of nitrogens with one attached hydrogen (secondary N) is 1. The first kappa shape index (κ1) is 17.4. The van der Waals surface area contributed by atoms with Crippen LogP contribution in [0.4, 0.5) is 0 Å². The fraction of sp³-hybridized carbons (Fsp3) is 0.650. The SMILES string of the molecule is O=C(NCC1(N2CCOCC2)CCCCC1)C1Cc2ccccc2S1. The van der Waals surface area contributed by atoms with Crippen LogP contribution in [0, 0.1) is 0 Å². The van der Waals surface area contributed by atoms with Crippen LogP contribution < -0.4 is 5.32 Å². The molecule has 0 spiro atoms. The molecule has 1 aromatic carbocycles. The third-order valence-corrected chi connectivity index (χ3v) is 7.31. The van der Waals surface area contributed by atoms with E-state index < -0.39 is 0 Å². The first-order chi connectivity index (χ1) is 12.3. The Bertz CT molecular complexity index is 584. The molecular weight excluding hydrogens is 332 g/mol. The summed E-state index contributed by atoms with van der Waals surface area (Å²) in [7, 11) is 0. The lowest BCUT2D eigenvalue weighted by atomic mass is 9.79. The smallest absolute Gasteiger partial charge is 0.233 e. The van der Waals surface area contributed by atoms with E-state index in [1.54, 1.807) is 11.8 Å². The molecule has 2 heterocycles. The Kier molecular flexibility index (Phi) is 5.34. The summed E-state index contributed by atoms with van der Waals surface area (Å²) < 4.78 is 5.55. The average molecular weight is 361 g/mol. The van der Waals surface area contributed by atoms with Crippen molar-refractivity contribution in [2.75, 3.05) is 32.8 Å². The van der Waals surface area contributed by atoms with Gasteiger partial charge in [-0.3, -0.25) is 9.69 Å². The number of carbonyl (C=O) groups is 1. The molecule has 0 bridgehead atoms. The summed E-state index contributed by atoms with van der Waals surface area (Å²) in [6.07, 6.45) is 7.13. The number of nitrogens with zero attached hydrogens (tertiary/aromatic N) is 1. The summed E-state index contributed by atoms with van der Waals surface area (Å²) in [6, 6.07) is 8.40. The van der Waals surface area contributed by atoms with Gasteiger partial charge >= 0.3 is 0 Å². The predicted octanol–water partition coefficient (Wildman–Crippen LogP) is 2.85. The molecule has 2 fully saturated rings. The van der Waals surface area contributed by atoms with E-state index in [1.165, 1.54) is 42.6 Å². The minimum Gasteiger partial charge on any atom is -0.379 e. The molecule has 1 amide bonds. The van der Waals surface area contributed by atoms with Crippen LogP contribution in [0.5, 0.6) is 0 Å². The molecule has 0 aromatic heterocycles. The van der Waals surface area contributed by atoms with Gasteiger partial charge in [-0.25, -0.2) is 0 Å². The molecule has 0 radical (unpaired) electrons. The second-order valence-electron chi connectivity index (χ2n) is 7.52. The molecule has 1 saturated carbocycles. The number of amides is 1. The molecule has 3 aliphatic rings. The van der Waals surface area contributed by atoms with Crippen molar-refractivity contribution < 1.29 is 9.53 Å². The van der Waals surface area contributed by atoms with Gasteiger partial charge in [0.05, 0.1) is 18.5 Å². The third kappa shape index (κ3) is 3.74. The summed E-state index contributed by atoms with van der Waals surface area (Å²) >= 11 is 1.72. The number of morpholine rings is 1. The highest BCUT2D eigenvalue weighted by atomic mass is 32.2. The molecule has 5 heteroatoms. The van der Waals surface area contributed by atoms with E-state index in [0.29, 0.717) is 0 Å². The predicted molar refractivity (Wildman–Crippen MR) is 101 cm³/mol. The minimum atomic E-state index is 0.0303. The standard InChI is InChI=1S/C20H28N2O2S/c23-19(18-14-16-6-2-3-7-17(16)25-18)21-15-20(8-4-1-5-9-20)22-10-12-24-13-11-22/h2-3,6-7,18H,1,4-5,8-15H2,(H,21,23). The highest BCUT2D eigenvalue weighted by molar-refractivity contribution is 8.01. The minimum absolute atomic E-state index is 0.0303. The Labute approximate surface area is 154 Å². The second kappa shape index (κ2) is 7.68. The van der Waals surface area contributed by atoms with Crippen LogP contribution in [-0.4, -0.2) is 54.4 Å². The number of hydrogen-bond donors (Lipinski definition) is 1. The maximum absolute atomic E-state index is 12.8. The number of thioether (sulfide) groups is 1. The quantitative estimate of drug-likeness (QED) is 0.896. The summed E-state index contributed by atoms with van der Waals surface area (Å²) in [6.45, 7) is 4.44. The highest BCUT2D eigenvalue weighted by Gasteiger charge is 2.39. The number of benzene rings is 1. The van der Waals surface area contributed by atoms with Crippen molar-refractivity contribution in [2.24, 2.45) is 0 Å². The van der Waals surface area contributed by atoms with Gasteiger partial charge in [-0.1, -0.05) is 37.5 Å². The Morgan fingerprint density at radius 1 is 1.20 bits per heavy atom. The van der Waals surface area contributed by atoms with Crippen molar-refractivity contribution >= 4 is 17.7 Å². The number of ether oxygens (including phenoxy) is 1. The Hall–Kier alpha value is -1.04. The average Bonchev–Trinajstić information content (AvgIpc) is 3.12. The van der Waals surface area contributed by atoms with E-state index in [9.17, 15) is 4.79 Å². The van der Waals surface area contributed by atoms with Crippen LogP contribution in [0.1, 0.15) is 37.7 Å². The molecule has 1 atom stereocenters. The number of hydrogen-bond acceptors (Lipinski definition) is 4. The van der Waals surface area contributed by atoms with Gasteiger partial charge in [-0.05, 0) is 30.9 Å². The molecule has 4 rings (SSSR count). The lowest BCUT2D eigenvalue weighted by Gasteiger charge is -2.48. The lowest BCUT2D eigenvalue weighted by molar-refractivity contribution is -0.121. The van der Waals surface area contributed by atoms with E-state index in [4.69, 9.17) is 4.74 Å². The normalized spacial score (nSPS) is 26.2. The van der Waals surface area contributed by atoms with Crippen LogP contribution in [0.3, 0.4) is 0 Å². The van der Waals surface area contributed by atoms with E-state index >= 15 is 0 Å². The van der Waals surface area contributed by atoms with Crippen molar-refractivity contribution in [3.05, 3.63) is 29.8 Å². The van der Waals surface area contributed by atoms with Crippen molar-refractivity contribution in [1.82, 2.24) is 10.2 Å². The van der Waals surface area contributed by atoms with Crippen LogP contribution in [-0.2, 0) is 16.0 Å². The fourth-order valence-electron chi connectivity index (χ4n) is 4.55. The van der Waals surface area contributed by atoms with Crippen molar-refractivity contribution in [3.63, 3.8) is 0 Å². The number of carbonyl (C=O) groups excluding carboxylic acids is 1. The van der Waals surface area contributed by atoms with Gasteiger partial charge in [-0.2, -0.15) is 0 Å². The van der Waals surface area contributed by atoms with Crippen molar-refractivity contribution in [3.8, 4) is 0 Å². The molecule has 1 unspecified atom stereocenters. The summed E-state index contributed by atoms with van der Waals surface area (Å²) in [5.41, 5.74) is 1.46. The van der Waals surface area contributed by atoms with Gasteiger partial charge in [0, 0.05) is 30.1 Å². The Morgan fingerprint density at radius 2 is 1.96 bits per heavy atom. The largest absolute Gasteiger partial charge is 0.379 e. The summed E-state index contributed by atoms with van der Waals surface area (Å²) in [5.74, 6) is 0.208. The molecule has 25 heavy (non-hydrogen) atoms. The summed E-state index contributed by atoms with van der Waals surface area (Å²) in [5, 5.41) is 3.36. The van der Waals surface area contributed by atoms with E-state index in [0.717, 1.165) is 39.3 Å². The zero-order valence-corrected chi connectivity index (χ0v) is 15.7. The Morgan fingerprint density at radius 3 is 2.72 bits per heavy atom. The monoisotopic (exact) mass is 360 g/mol. The number of rotatable bonds is 4.